The van der Waals surface area contributed by atoms with Gasteiger partial charge in [-0.2, -0.15) is 0 Å². The summed E-state index contributed by atoms with van der Waals surface area (Å²) in [5, 5.41) is 6.43. The Hall–Kier alpha value is -1.22. The molecule has 0 aliphatic heterocycles. The first-order valence-electron chi connectivity index (χ1n) is 5.66. The first-order chi connectivity index (χ1) is 7.81. The normalized spacial score (nSPS) is 11.4. The van der Waals surface area contributed by atoms with Gasteiger partial charge in [0.05, 0.1) is 5.54 Å². The molecule has 0 bridgehead atoms. The van der Waals surface area contributed by atoms with E-state index in [-0.39, 0.29) is 12.1 Å². The third kappa shape index (κ3) is 4.27. The number of nitrogens with one attached hydrogen (secondary N) is 2. The van der Waals surface area contributed by atoms with Crippen molar-refractivity contribution in [1.29, 1.82) is 0 Å². The highest BCUT2D eigenvalue weighted by Gasteiger charge is 2.22. The molecule has 0 atom stereocenters. The minimum absolute atomic E-state index is 0.121. The van der Waals surface area contributed by atoms with Crippen LogP contribution < -0.4 is 10.6 Å². The van der Waals surface area contributed by atoms with Crippen molar-refractivity contribution >= 4 is 17.6 Å². The van der Waals surface area contributed by atoms with E-state index in [0.717, 1.165) is 5.56 Å². The zero-order chi connectivity index (χ0) is 13.1. The molecule has 0 heterocycles. The van der Waals surface area contributed by atoms with Crippen LogP contribution in [0.4, 0.5) is 4.79 Å². The second-order valence-corrected chi connectivity index (χ2v) is 5.32. The quantitative estimate of drug-likeness (QED) is 0.854. The second kappa shape index (κ2) is 5.41. The van der Waals surface area contributed by atoms with Crippen LogP contribution in [-0.2, 0) is 5.54 Å². The van der Waals surface area contributed by atoms with Crippen molar-refractivity contribution in [3.63, 3.8) is 0 Å². The van der Waals surface area contributed by atoms with Crippen molar-refractivity contribution in [1.82, 2.24) is 10.6 Å². The molecule has 17 heavy (non-hydrogen) atoms. The van der Waals surface area contributed by atoms with E-state index >= 15 is 0 Å². The van der Waals surface area contributed by atoms with Crippen LogP contribution >= 0.6 is 11.6 Å². The first kappa shape index (κ1) is 13.8. The molecular formula is C13H19ClN2O. The second-order valence-electron chi connectivity index (χ2n) is 4.89. The van der Waals surface area contributed by atoms with E-state index in [0.29, 0.717) is 5.02 Å². The monoisotopic (exact) mass is 254 g/mol. The summed E-state index contributed by atoms with van der Waals surface area (Å²) in [4.78, 5) is 11.7. The van der Waals surface area contributed by atoms with Gasteiger partial charge in [-0.3, -0.25) is 0 Å². The molecule has 0 radical (unpaired) electrons. The summed E-state index contributed by atoms with van der Waals surface area (Å²) in [6.45, 7) is 7.76. The standard InChI is InChI=1S/C13H19ClN2O/c1-9(2)15-12(17)16-13(3,4)10-5-7-11(14)8-6-10/h5-9H,1-4H3,(H2,15,16,17). The van der Waals surface area contributed by atoms with Gasteiger partial charge in [0.25, 0.3) is 0 Å². The van der Waals surface area contributed by atoms with E-state index in [9.17, 15) is 4.79 Å². The summed E-state index contributed by atoms with van der Waals surface area (Å²) in [5.41, 5.74) is 0.588. The van der Waals surface area contributed by atoms with Gasteiger partial charge in [-0.1, -0.05) is 23.7 Å². The number of carbonyl (C=O) groups excluding carboxylic acids is 1. The molecule has 0 aliphatic rings. The van der Waals surface area contributed by atoms with Gasteiger partial charge in [0, 0.05) is 11.1 Å². The number of halogens is 1. The minimum atomic E-state index is -0.427. The number of urea groups is 1. The lowest BCUT2D eigenvalue weighted by Crippen LogP contribution is -2.48. The van der Waals surface area contributed by atoms with Crippen LogP contribution in [-0.4, -0.2) is 12.1 Å². The van der Waals surface area contributed by atoms with Gasteiger partial charge in [0.1, 0.15) is 0 Å². The molecule has 94 valence electrons. The van der Waals surface area contributed by atoms with Crippen LogP contribution in [0.1, 0.15) is 33.3 Å². The van der Waals surface area contributed by atoms with Crippen molar-refractivity contribution in [3.8, 4) is 0 Å². The fourth-order valence-corrected chi connectivity index (χ4v) is 1.65. The van der Waals surface area contributed by atoms with Crippen LogP contribution in [0.15, 0.2) is 24.3 Å². The van der Waals surface area contributed by atoms with Gasteiger partial charge in [-0.25, -0.2) is 4.79 Å². The van der Waals surface area contributed by atoms with E-state index in [2.05, 4.69) is 10.6 Å². The van der Waals surface area contributed by atoms with Crippen LogP contribution in [0.3, 0.4) is 0 Å². The van der Waals surface area contributed by atoms with Crippen molar-refractivity contribution in [2.24, 2.45) is 0 Å². The number of carbonyl (C=O) groups is 1. The largest absolute Gasteiger partial charge is 0.336 e. The topological polar surface area (TPSA) is 41.1 Å². The number of hydrogen-bond acceptors (Lipinski definition) is 1. The molecular weight excluding hydrogens is 236 g/mol. The van der Waals surface area contributed by atoms with E-state index in [1.54, 1.807) is 0 Å². The summed E-state index contributed by atoms with van der Waals surface area (Å²) < 4.78 is 0. The maximum absolute atomic E-state index is 11.7. The van der Waals surface area contributed by atoms with Crippen LogP contribution in [0.5, 0.6) is 0 Å². The molecule has 0 saturated carbocycles. The summed E-state index contributed by atoms with van der Waals surface area (Å²) in [6, 6.07) is 7.42. The zero-order valence-electron chi connectivity index (χ0n) is 10.7. The van der Waals surface area contributed by atoms with Gasteiger partial charge >= 0.3 is 6.03 Å². The Morgan fingerprint density at radius 2 is 1.76 bits per heavy atom. The molecule has 2 amide bonds. The van der Waals surface area contributed by atoms with Crippen LogP contribution in [0.2, 0.25) is 5.02 Å². The Bertz CT molecular complexity index is 385. The molecule has 0 saturated heterocycles. The maximum Gasteiger partial charge on any atom is 0.315 e. The first-order valence-corrected chi connectivity index (χ1v) is 6.04. The summed E-state index contributed by atoms with van der Waals surface area (Å²) in [5.74, 6) is 0. The lowest BCUT2D eigenvalue weighted by atomic mass is 9.94. The Morgan fingerprint density at radius 1 is 1.24 bits per heavy atom. The molecule has 1 aromatic carbocycles. The molecule has 2 N–H and O–H groups in total. The van der Waals surface area contributed by atoms with Crippen molar-refractivity contribution < 1.29 is 4.79 Å². The average molecular weight is 255 g/mol. The smallest absolute Gasteiger partial charge is 0.315 e. The highest BCUT2D eigenvalue weighted by atomic mass is 35.5. The predicted molar refractivity (Wildman–Crippen MR) is 71.3 cm³/mol. The van der Waals surface area contributed by atoms with Crippen LogP contribution in [0, 0.1) is 0 Å². The van der Waals surface area contributed by atoms with Crippen LogP contribution in [0.25, 0.3) is 0 Å². The molecule has 1 rings (SSSR count). The van der Waals surface area contributed by atoms with Crippen molar-refractivity contribution in [3.05, 3.63) is 34.9 Å². The van der Waals surface area contributed by atoms with E-state index < -0.39 is 5.54 Å². The third-order valence-corrected chi connectivity index (χ3v) is 2.66. The fraction of sp³-hybridized carbons (Fsp3) is 0.462. The van der Waals surface area contributed by atoms with E-state index in [1.807, 2.05) is 52.0 Å². The Morgan fingerprint density at radius 3 is 2.24 bits per heavy atom. The predicted octanol–water partition coefficient (Wildman–Crippen LogP) is 3.28. The summed E-state index contributed by atoms with van der Waals surface area (Å²) >= 11 is 5.84. The minimum Gasteiger partial charge on any atom is -0.336 e. The van der Waals surface area contributed by atoms with Crippen molar-refractivity contribution in [2.45, 2.75) is 39.3 Å². The maximum atomic E-state index is 11.7. The van der Waals surface area contributed by atoms with Gasteiger partial charge in [0.15, 0.2) is 0 Å². The average Bonchev–Trinajstić information content (AvgIpc) is 2.15. The van der Waals surface area contributed by atoms with Crippen molar-refractivity contribution in [2.75, 3.05) is 0 Å². The Kier molecular flexibility index (Phi) is 4.40. The van der Waals surface area contributed by atoms with E-state index in [4.69, 9.17) is 11.6 Å². The number of amides is 2. The Labute approximate surface area is 108 Å². The molecule has 0 unspecified atom stereocenters. The highest BCUT2D eigenvalue weighted by Crippen LogP contribution is 2.21. The van der Waals surface area contributed by atoms with Gasteiger partial charge in [-0.15, -0.1) is 0 Å². The zero-order valence-corrected chi connectivity index (χ0v) is 11.4. The molecule has 0 spiro atoms. The molecule has 0 aliphatic carbocycles. The Balaban J connectivity index is 2.74. The lowest BCUT2D eigenvalue weighted by molar-refractivity contribution is 0.227. The lowest BCUT2D eigenvalue weighted by Gasteiger charge is -2.27. The molecule has 4 heteroatoms. The number of hydrogen-bond donors (Lipinski definition) is 2. The molecule has 3 nitrogen and oxygen atoms in total. The number of benzene rings is 1. The summed E-state index contributed by atoms with van der Waals surface area (Å²) in [7, 11) is 0. The third-order valence-electron chi connectivity index (χ3n) is 2.41. The summed E-state index contributed by atoms with van der Waals surface area (Å²) in [6.07, 6.45) is 0. The molecule has 1 aromatic rings. The van der Waals surface area contributed by atoms with Gasteiger partial charge < -0.3 is 10.6 Å². The fourth-order valence-electron chi connectivity index (χ4n) is 1.52. The molecule has 0 fully saturated rings. The van der Waals surface area contributed by atoms with E-state index in [1.165, 1.54) is 0 Å². The van der Waals surface area contributed by atoms with Gasteiger partial charge in [0.2, 0.25) is 0 Å². The highest BCUT2D eigenvalue weighted by molar-refractivity contribution is 6.30. The van der Waals surface area contributed by atoms with Gasteiger partial charge in [-0.05, 0) is 45.4 Å². The SMILES string of the molecule is CC(C)NC(=O)NC(C)(C)c1ccc(Cl)cc1. The number of rotatable bonds is 3. The molecule has 0 aromatic heterocycles.